The molecule has 0 atom stereocenters. The number of aliphatic imine (C=N–C) groups is 1. The van der Waals surface area contributed by atoms with Gasteiger partial charge in [-0.25, -0.2) is 0 Å². The van der Waals surface area contributed by atoms with Gasteiger partial charge in [-0.15, -0.1) is 0 Å². The summed E-state index contributed by atoms with van der Waals surface area (Å²) in [6, 6.07) is 8.48. The molecule has 0 aromatic heterocycles. The fraction of sp³-hybridized carbons (Fsp3) is 0.600. The highest BCUT2D eigenvalue weighted by Crippen LogP contribution is 2.49. The van der Waals surface area contributed by atoms with Crippen molar-refractivity contribution in [3.63, 3.8) is 0 Å². The van der Waals surface area contributed by atoms with E-state index >= 15 is 0 Å². The summed E-state index contributed by atoms with van der Waals surface area (Å²) in [5, 5.41) is 9.83. The molecule has 2 fully saturated rings. The van der Waals surface area contributed by atoms with Gasteiger partial charge < -0.3 is 16.0 Å². The molecular formula is C20H29BrN4O. The molecule has 0 saturated heterocycles. The molecule has 0 aliphatic heterocycles. The molecule has 0 bridgehead atoms. The Morgan fingerprint density at radius 2 is 1.92 bits per heavy atom. The molecule has 0 heterocycles. The molecule has 3 N–H and O–H groups in total. The smallest absolute Gasteiger partial charge is 0.223 e. The Balaban J connectivity index is 1.36. The number of amides is 1. The lowest BCUT2D eigenvalue weighted by atomic mass is 9.85. The van der Waals surface area contributed by atoms with Crippen LogP contribution in [-0.2, 0) is 10.2 Å². The van der Waals surface area contributed by atoms with Gasteiger partial charge in [-0.3, -0.25) is 9.79 Å². The van der Waals surface area contributed by atoms with Gasteiger partial charge in [0.2, 0.25) is 5.91 Å². The third-order valence-electron chi connectivity index (χ3n) is 5.54. The lowest BCUT2D eigenvalue weighted by Crippen LogP contribution is -2.42. The molecule has 1 aromatic carbocycles. The minimum absolute atomic E-state index is 0.217. The normalized spacial score (nSPS) is 18.8. The topological polar surface area (TPSA) is 65.5 Å². The van der Waals surface area contributed by atoms with Gasteiger partial charge in [0.15, 0.2) is 5.96 Å². The molecule has 0 unspecified atom stereocenters. The van der Waals surface area contributed by atoms with E-state index in [-0.39, 0.29) is 17.2 Å². The lowest BCUT2D eigenvalue weighted by molar-refractivity contribution is -0.127. The number of carbonyl (C=O) groups excluding carboxylic acids is 1. The highest BCUT2D eigenvalue weighted by molar-refractivity contribution is 9.10. The second kappa shape index (κ2) is 8.89. The van der Waals surface area contributed by atoms with Crippen LogP contribution in [-0.4, -0.2) is 38.5 Å². The van der Waals surface area contributed by atoms with Crippen LogP contribution in [0.4, 0.5) is 0 Å². The van der Waals surface area contributed by atoms with Crippen molar-refractivity contribution in [2.75, 3.05) is 26.7 Å². The molecule has 26 heavy (non-hydrogen) atoms. The highest BCUT2D eigenvalue weighted by atomic mass is 79.9. The first-order chi connectivity index (χ1) is 12.6. The predicted octanol–water partition coefficient (Wildman–Crippen LogP) is 2.95. The Bertz CT molecular complexity index is 653. The van der Waals surface area contributed by atoms with Crippen LogP contribution in [0.5, 0.6) is 0 Å². The van der Waals surface area contributed by atoms with Crippen molar-refractivity contribution in [2.45, 2.75) is 43.9 Å². The van der Waals surface area contributed by atoms with Crippen molar-refractivity contribution in [1.29, 1.82) is 0 Å². The summed E-state index contributed by atoms with van der Waals surface area (Å²) < 4.78 is 1.18. The predicted molar refractivity (Wildman–Crippen MR) is 109 cm³/mol. The van der Waals surface area contributed by atoms with E-state index in [1.165, 1.54) is 29.3 Å². The van der Waals surface area contributed by atoms with Crippen molar-refractivity contribution in [3.05, 3.63) is 34.3 Å². The molecule has 5 nitrogen and oxygen atoms in total. The maximum atomic E-state index is 11.8. The van der Waals surface area contributed by atoms with Crippen LogP contribution < -0.4 is 16.0 Å². The lowest BCUT2D eigenvalue weighted by Gasteiger charge is -2.24. The Kier molecular flexibility index (Phi) is 6.57. The van der Waals surface area contributed by atoms with Gasteiger partial charge in [0, 0.05) is 42.5 Å². The molecule has 3 rings (SSSR count). The van der Waals surface area contributed by atoms with E-state index in [4.69, 9.17) is 0 Å². The van der Waals surface area contributed by atoms with Crippen LogP contribution in [0.15, 0.2) is 33.7 Å². The summed E-state index contributed by atoms with van der Waals surface area (Å²) in [6.07, 6.45) is 6.61. The van der Waals surface area contributed by atoms with Crippen molar-refractivity contribution in [2.24, 2.45) is 10.9 Å². The standard InChI is InChI=1S/C20H29BrN4O/c1-22-19(24-13-5-12-23-18(26)15-6-4-7-15)25-14-20(10-11-20)16-8-2-3-9-17(16)21/h2-3,8-9,15H,4-7,10-14H2,1H3,(H,23,26)(H2,22,24,25). The van der Waals surface area contributed by atoms with E-state index in [0.717, 1.165) is 44.9 Å². The number of carbonyl (C=O) groups is 1. The molecule has 2 saturated carbocycles. The van der Waals surface area contributed by atoms with E-state index in [9.17, 15) is 4.79 Å². The van der Waals surface area contributed by atoms with Gasteiger partial charge in [-0.2, -0.15) is 0 Å². The number of nitrogens with one attached hydrogen (secondary N) is 3. The first-order valence-electron chi connectivity index (χ1n) is 9.62. The monoisotopic (exact) mass is 420 g/mol. The van der Waals surface area contributed by atoms with Gasteiger partial charge in [0.05, 0.1) is 0 Å². The van der Waals surface area contributed by atoms with Gasteiger partial charge in [-0.05, 0) is 43.7 Å². The highest BCUT2D eigenvalue weighted by Gasteiger charge is 2.45. The van der Waals surface area contributed by atoms with Crippen LogP contribution in [0, 0.1) is 5.92 Å². The number of benzene rings is 1. The van der Waals surface area contributed by atoms with Crippen LogP contribution in [0.25, 0.3) is 0 Å². The van der Waals surface area contributed by atoms with Crippen LogP contribution in [0.1, 0.15) is 44.1 Å². The second-order valence-corrected chi connectivity index (χ2v) is 8.24. The molecule has 0 spiro atoms. The Hall–Kier alpha value is -1.56. The summed E-state index contributed by atoms with van der Waals surface area (Å²) in [6.45, 7) is 2.40. The van der Waals surface area contributed by atoms with Gasteiger partial charge in [-0.1, -0.05) is 40.5 Å². The minimum Gasteiger partial charge on any atom is -0.356 e. The van der Waals surface area contributed by atoms with E-state index in [0.29, 0.717) is 0 Å². The molecule has 1 amide bonds. The van der Waals surface area contributed by atoms with Gasteiger partial charge in [0.1, 0.15) is 0 Å². The van der Waals surface area contributed by atoms with E-state index in [1.807, 2.05) is 0 Å². The van der Waals surface area contributed by atoms with Crippen LogP contribution >= 0.6 is 15.9 Å². The molecule has 2 aliphatic rings. The summed E-state index contributed by atoms with van der Waals surface area (Å²) >= 11 is 3.68. The number of nitrogens with zero attached hydrogens (tertiary/aromatic N) is 1. The third kappa shape index (κ3) is 4.78. The average Bonchev–Trinajstić information content (AvgIpc) is 3.37. The molecule has 0 radical (unpaired) electrons. The zero-order valence-corrected chi connectivity index (χ0v) is 17.1. The third-order valence-corrected chi connectivity index (χ3v) is 6.23. The van der Waals surface area contributed by atoms with Crippen molar-refractivity contribution >= 4 is 27.8 Å². The van der Waals surface area contributed by atoms with E-state index < -0.39 is 0 Å². The first-order valence-corrected chi connectivity index (χ1v) is 10.4. The molecule has 6 heteroatoms. The Morgan fingerprint density at radius 1 is 1.19 bits per heavy atom. The van der Waals surface area contributed by atoms with Gasteiger partial charge >= 0.3 is 0 Å². The molecule has 2 aliphatic carbocycles. The summed E-state index contributed by atoms with van der Waals surface area (Å²) in [7, 11) is 1.80. The maximum absolute atomic E-state index is 11.8. The van der Waals surface area contributed by atoms with E-state index in [2.05, 4.69) is 61.1 Å². The summed E-state index contributed by atoms with van der Waals surface area (Å²) in [5.41, 5.74) is 1.59. The summed E-state index contributed by atoms with van der Waals surface area (Å²) in [4.78, 5) is 16.1. The van der Waals surface area contributed by atoms with Crippen molar-refractivity contribution in [3.8, 4) is 0 Å². The van der Waals surface area contributed by atoms with Crippen LogP contribution in [0.3, 0.4) is 0 Å². The first kappa shape index (κ1) is 19.2. The van der Waals surface area contributed by atoms with Crippen LogP contribution in [0.2, 0.25) is 0 Å². The number of guanidine groups is 1. The SMILES string of the molecule is CN=C(NCCCNC(=O)C1CCC1)NCC1(c2ccccc2Br)CC1. The average molecular weight is 421 g/mol. The number of rotatable bonds is 8. The minimum atomic E-state index is 0.217. The Morgan fingerprint density at radius 3 is 2.54 bits per heavy atom. The zero-order chi connectivity index (χ0) is 18.4. The molecular weight excluding hydrogens is 392 g/mol. The molecule has 1 aromatic rings. The number of hydrogen-bond acceptors (Lipinski definition) is 2. The fourth-order valence-electron chi connectivity index (χ4n) is 3.38. The van der Waals surface area contributed by atoms with Crippen molar-refractivity contribution < 1.29 is 4.79 Å². The number of halogens is 1. The zero-order valence-electron chi connectivity index (χ0n) is 15.5. The van der Waals surface area contributed by atoms with Gasteiger partial charge in [0.25, 0.3) is 0 Å². The quantitative estimate of drug-likeness (QED) is 0.344. The maximum Gasteiger partial charge on any atom is 0.223 e. The number of hydrogen-bond donors (Lipinski definition) is 3. The molecule has 142 valence electrons. The summed E-state index contributed by atoms with van der Waals surface area (Å²) in [5.74, 6) is 1.32. The van der Waals surface area contributed by atoms with Crippen molar-refractivity contribution in [1.82, 2.24) is 16.0 Å². The Labute approximate surface area is 164 Å². The van der Waals surface area contributed by atoms with E-state index in [1.54, 1.807) is 7.05 Å². The second-order valence-electron chi connectivity index (χ2n) is 7.39. The largest absolute Gasteiger partial charge is 0.356 e. The fourth-order valence-corrected chi connectivity index (χ4v) is 4.08.